The monoisotopic (exact) mass is 561 g/mol. The maximum Gasteiger partial charge on any atom is 0.332 e. The third-order valence-corrected chi connectivity index (χ3v) is 8.07. The third kappa shape index (κ3) is 5.21. The maximum absolute atomic E-state index is 14.2. The molecule has 0 bridgehead atoms. The van der Waals surface area contributed by atoms with Crippen LogP contribution in [-0.2, 0) is 22.7 Å². The number of hydrazine groups is 1. The summed E-state index contributed by atoms with van der Waals surface area (Å²) in [4.78, 5) is 45.0. The van der Waals surface area contributed by atoms with Crippen molar-refractivity contribution in [3.05, 3.63) is 120 Å². The molecule has 2 aliphatic heterocycles. The molecule has 6 rings (SSSR count). The highest BCUT2D eigenvalue weighted by Gasteiger charge is 2.53. The number of hydrogen-bond acceptors (Lipinski definition) is 4. The number of nitrogens with one attached hydrogen (secondary N) is 1. The fourth-order valence-electron chi connectivity index (χ4n) is 6.15. The minimum Gasteiger partial charge on any atom is -0.333 e. The SMILES string of the molecule is CC(C)N(C(=O)NCc1ccccc1)N1CC(=O)N2[C@@H](c3ccccc3)C(=O)N(Cc3cccc4ccccc34)C[C@@H]21. The highest BCUT2D eigenvalue weighted by Crippen LogP contribution is 2.37. The number of fused-ring (bicyclic) bond motifs is 2. The standard InChI is InChI=1S/C34H35N5O3/c1-24(2)39(34(42)35-20-25-12-5-3-6-13-25)37-23-31(40)38-30(37)22-36(33(41)32(38)27-15-7-4-8-16-27)21-28-18-11-17-26-14-9-10-19-29(26)28/h3-19,24,30,32H,20-23H2,1-2H3,(H,35,42)/t30-,32+/m1/s1. The van der Waals surface area contributed by atoms with Gasteiger partial charge in [0, 0.05) is 19.1 Å². The van der Waals surface area contributed by atoms with Gasteiger partial charge in [0.15, 0.2) is 0 Å². The third-order valence-electron chi connectivity index (χ3n) is 8.07. The number of benzene rings is 4. The molecular weight excluding hydrogens is 526 g/mol. The lowest BCUT2D eigenvalue weighted by Crippen LogP contribution is -2.63. The number of hydrogen-bond donors (Lipinski definition) is 1. The van der Waals surface area contributed by atoms with Crippen LogP contribution < -0.4 is 5.32 Å². The van der Waals surface area contributed by atoms with E-state index in [1.54, 1.807) is 9.91 Å². The van der Waals surface area contributed by atoms with Crippen LogP contribution in [0.3, 0.4) is 0 Å². The Labute approximate surface area is 246 Å². The fourth-order valence-corrected chi connectivity index (χ4v) is 6.15. The van der Waals surface area contributed by atoms with Crippen LogP contribution in [0.4, 0.5) is 4.79 Å². The zero-order valence-electron chi connectivity index (χ0n) is 23.9. The summed E-state index contributed by atoms with van der Waals surface area (Å²) in [6.07, 6.45) is -0.500. The fraction of sp³-hybridized carbons (Fsp3) is 0.265. The van der Waals surface area contributed by atoms with Crippen LogP contribution in [0.15, 0.2) is 103 Å². The molecule has 2 atom stereocenters. The first kappa shape index (κ1) is 27.5. The first-order valence-electron chi connectivity index (χ1n) is 14.4. The highest BCUT2D eigenvalue weighted by molar-refractivity contribution is 5.93. The van der Waals surface area contributed by atoms with Crippen LogP contribution in [0.25, 0.3) is 10.8 Å². The lowest BCUT2D eigenvalue weighted by atomic mass is 9.99. The van der Waals surface area contributed by atoms with Crippen LogP contribution >= 0.6 is 0 Å². The van der Waals surface area contributed by atoms with Crippen molar-refractivity contribution in [2.24, 2.45) is 0 Å². The smallest absolute Gasteiger partial charge is 0.332 e. The molecule has 0 saturated carbocycles. The zero-order valence-corrected chi connectivity index (χ0v) is 23.9. The minimum atomic E-state index is -0.779. The largest absolute Gasteiger partial charge is 0.333 e. The van der Waals surface area contributed by atoms with Crippen molar-refractivity contribution < 1.29 is 14.4 Å². The lowest BCUT2D eigenvalue weighted by Gasteiger charge is -2.47. The van der Waals surface area contributed by atoms with Crippen LogP contribution in [-0.4, -0.2) is 63.0 Å². The van der Waals surface area contributed by atoms with Crippen molar-refractivity contribution in [3.8, 4) is 0 Å². The van der Waals surface area contributed by atoms with E-state index in [0.29, 0.717) is 13.1 Å². The van der Waals surface area contributed by atoms with Crippen LogP contribution in [0.1, 0.15) is 36.6 Å². The Balaban J connectivity index is 1.34. The molecule has 2 fully saturated rings. The van der Waals surface area contributed by atoms with E-state index in [1.165, 1.54) is 0 Å². The summed E-state index contributed by atoms with van der Waals surface area (Å²) in [5.41, 5.74) is 2.79. The number of amides is 4. The van der Waals surface area contributed by atoms with Gasteiger partial charge in [0.1, 0.15) is 12.2 Å². The molecule has 2 heterocycles. The van der Waals surface area contributed by atoms with E-state index < -0.39 is 12.2 Å². The van der Waals surface area contributed by atoms with Crippen molar-refractivity contribution in [2.75, 3.05) is 13.1 Å². The van der Waals surface area contributed by atoms with Crippen LogP contribution in [0.5, 0.6) is 0 Å². The maximum atomic E-state index is 14.2. The van der Waals surface area contributed by atoms with Gasteiger partial charge < -0.3 is 15.1 Å². The second-order valence-corrected chi connectivity index (χ2v) is 11.1. The van der Waals surface area contributed by atoms with Crippen molar-refractivity contribution >= 4 is 28.6 Å². The van der Waals surface area contributed by atoms with Gasteiger partial charge in [-0.3, -0.25) is 14.6 Å². The number of piperazine rings is 1. The average molecular weight is 562 g/mol. The molecule has 1 N–H and O–H groups in total. The van der Waals surface area contributed by atoms with Gasteiger partial charge >= 0.3 is 6.03 Å². The Morgan fingerprint density at radius 3 is 2.29 bits per heavy atom. The van der Waals surface area contributed by atoms with Crippen molar-refractivity contribution in [3.63, 3.8) is 0 Å². The molecule has 4 aromatic rings. The van der Waals surface area contributed by atoms with E-state index in [2.05, 4.69) is 29.6 Å². The molecule has 0 aromatic heterocycles. The highest BCUT2D eigenvalue weighted by atomic mass is 16.2. The lowest BCUT2D eigenvalue weighted by molar-refractivity contribution is -0.159. The second kappa shape index (κ2) is 11.7. The zero-order chi connectivity index (χ0) is 29.2. The van der Waals surface area contributed by atoms with E-state index in [-0.39, 0.29) is 37.0 Å². The quantitative estimate of drug-likeness (QED) is 0.347. The van der Waals surface area contributed by atoms with Crippen LogP contribution in [0.2, 0.25) is 0 Å². The van der Waals surface area contributed by atoms with Gasteiger partial charge in [-0.25, -0.2) is 4.79 Å². The Bertz CT molecular complexity index is 1590. The summed E-state index contributed by atoms with van der Waals surface area (Å²) in [5.74, 6) is -0.293. The molecule has 0 unspecified atom stereocenters. The molecule has 8 heteroatoms. The van der Waals surface area contributed by atoms with Gasteiger partial charge in [0.2, 0.25) is 5.91 Å². The van der Waals surface area contributed by atoms with Gasteiger partial charge in [-0.05, 0) is 41.3 Å². The Morgan fingerprint density at radius 2 is 1.55 bits per heavy atom. The molecule has 8 nitrogen and oxygen atoms in total. The van der Waals surface area contributed by atoms with E-state index in [4.69, 9.17) is 0 Å². The van der Waals surface area contributed by atoms with Crippen molar-refractivity contribution in [2.45, 2.75) is 45.2 Å². The second-order valence-electron chi connectivity index (χ2n) is 11.1. The molecule has 0 radical (unpaired) electrons. The molecule has 2 aliphatic rings. The van der Waals surface area contributed by atoms with E-state index in [0.717, 1.165) is 27.5 Å². The summed E-state index contributed by atoms with van der Waals surface area (Å²) in [6, 6.07) is 32.2. The van der Waals surface area contributed by atoms with Crippen molar-refractivity contribution in [1.82, 2.24) is 25.1 Å². The Kier molecular flexibility index (Phi) is 7.63. The summed E-state index contributed by atoms with van der Waals surface area (Å²) in [6.45, 7) is 4.94. The first-order valence-corrected chi connectivity index (χ1v) is 14.4. The predicted molar refractivity (Wildman–Crippen MR) is 162 cm³/mol. The number of nitrogens with zero attached hydrogens (tertiary/aromatic N) is 4. The van der Waals surface area contributed by atoms with Gasteiger partial charge in [0.05, 0.1) is 13.1 Å². The Morgan fingerprint density at radius 1 is 0.881 bits per heavy atom. The molecular formula is C34H35N5O3. The van der Waals surface area contributed by atoms with E-state index in [1.807, 2.05) is 103 Å². The van der Waals surface area contributed by atoms with Gasteiger partial charge in [-0.15, -0.1) is 0 Å². The van der Waals surface area contributed by atoms with E-state index in [9.17, 15) is 14.4 Å². The summed E-state index contributed by atoms with van der Waals surface area (Å²) in [5, 5.41) is 8.71. The molecule has 4 amide bonds. The number of urea groups is 1. The topological polar surface area (TPSA) is 76.2 Å². The number of rotatable bonds is 7. The average Bonchev–Trinajstić information content (AvgIpc) is 3.32. The molecule has 4 aromatic carbocycles. The Hall–Kier alpha value is -4.69. The van der Waals surface area contributed by atoms with Gasteiger partial charge in [-0.2, -0.15) is 5.01 Å². The molecule has 2 saturated heterocycles. The normalized spacial score (nSPS) is 18.9. The molecule has 214 valence electrons. The number of carbonyl (C=O) groups is 3. The van der Waals surface area contributed by atoms with E-state index >= 15 is 0 Å². The number of carbonyl (C=O) groups excluding carboxylic acids is 3. The van der Waals surface area contributed by atoms with Gasteiger partial charge in [-0.1, -0.05) is 103 Å². The van der Waals surface area contributed by atoms with Crippen LogP contribution in [0, 0.1) is 0 Å². The molecule has 42 heavy (non-hydrogen) atoms. The molecule has 0 aliphatic carbocycles. The van der Waals surface area contributed by atoms with Crippen molar-refractivity contribution in [1.29, 1.82) is 0 Å². The summed E-state index contributed by atoms with van der Waals surface area (Å²) < 4.78 is 0. The summed E-state index contributed by atoms with van der Waals surface area (Å²) in [7, 11) is 0. The summed E-state index contributed by atoms with van der Waals surface area (Å²) >= 11 is 0. The predicted octanol–water partition coefficient (Wildman–Crippen LogP) is 4.93. The van der Waals surface area contributed by atoms with Gasteiger partial charge in [0.25, 0.3) is 5.91 Å². The minimum absolute atomic E-state index is 0.0142. The molecule has 0 spiro atoms. The first-order chi connectivity index (χ1) is 20.4.